The van der Waals surface area contributed by atoms with E-state index in [0.29, 0.717) is 31.3 Å². The molecule has 0 N–H and O–H groups in total. The van der Waals surface area contributed by atoms with E-state index in [1.54, 1.807) is 6.92 Å². The zero-order chi connectivity index (χ0) is 24.0. The molecular weight excluding hydrogens is 442 g/mol. The average molecular weight is 482 g/mol. The van der Waals surface area contributed by atoms with Crippen molar-refractivity contribution in [2.24, 2.45) is 0 Å². The highest BCUT2D eigenvalue weighted by Gasteiger charge is 2.47. The van der Waals surface area contributed by atoms with E-state index in [4.69, 9.17) is 9.47 Å². The molecule has 2 amide bonds. The van der Waals surface area contributed by atoms with Crippen molar-refractivity contribution in [3.8, 4) is 0 Å². The Bertz CT molecular complexity index is 937. The van der Waals surface area contributed by atoms with Gasteiger partial charge in [0.15, 0.2) is 0 Å². The minimum Gasteiger partial charge on any atom is -0.444 e. The molecule has 7 nitrogen and oxygen atoms in total. The number of amides is 2. The predicted molar refractivity (Wildman–Crippen MR) is 134 cm³/mol. The molecule has 5 heterocycles. The van der Waals surface area contributed by atoms with E-state index < -0.39 is 0 Å². The first-order valence-corrected chi connectivity index (χ1v) is 13.7. The zero-order valence-electron chi connectivity index (χ0n) is 21.0. The molecule has 4 saturated heterocycles. The van der Waals surface area contributed by atoms with Gasteiger partial charge >= 0.3 is 6.09 Å². The zero-order valence-corrected chi connectivity index (χ0v) is 21.0. The molecule has 4 fully saturated rings. The van der Waals surface area contributed by atoms with Crippen LogP contribution in [0.5, 0.6) is 0 Å². The molecule has 2 bridgehead atoms. The first-order valence-electron chi connectivity index (χ1n) is 13.7. The number of benzene rings is 1. The Hall–Kier alpha value is -2.12. The second kappa shape index (κ2) is 9.40. The Morgan fingerprint density at radius 2 is 1.60 bits per heavy atom. The van der Waals surface area contributed by atoms with Gasteiger partial charge in [-0.1, -0.05) is 18.2 Å². The molecular formula is C28H39N3O4. The topological polar surface area (TPSA) is 62.3 Å². The number of piperidine rings is 1. The summed E-state index contributed by atoms with van der Waals surface area (Å²) in [5.41, 5.74) is 2.59. The SMILES string of the molecule is CC(=O)N1CC2(CCN(C3CCC4CCC(CC3)N4C(=O)O[C@H]3CCOC3)CC2)c2ccccc21. The van der Waals surface area contributed by atoms with Crippen LogP contribution >= 0.6 is 0 Å². The van der Waals surface area contributed by atoms with E-state index >= 15 is 0 Å². The van der Waals surface area contributed by atoms with E-state index in [-0.39, 0.29) is 23.5 Å². The highest BCUT2D eigenvalue weighted by molar-refractivity contribution is 5.94. The summed E-state index contributed by atoms with van der Waals surface area (Å²) in [5.74, 6) is 0.149. The quantitative estimate of drug-likeness (QED) is 0.637. The largest absolute Gasteiger partial charge is 0.444 e. The Kier molecular flexibility index (Phi) is 6.25. The summed E-state index contributed by atoms with van der Waals surface area (Å²) in [4.78, 5) is 32.1. The van der Waals surface area contributed by atoms with Crippen molar-refractivity contribution in [1.82, 2.24) is 9.80 Å². The molecule has 5 aliphatic rings. The monoisotopic (exact) mass is 481 g/mol. The van der Waals surface area contributed by atoms with E-state index in [1.807, 2.05) is 11.0 Å². The van der Waals surface area contributed by atoms with Crippen molar-refractivity contribution < 1.29 is 19.1 Å². The number of hydrogen-bond acceptors (Lipinski definition) is 5. The third-order valence-electron chi connectivity index (χ3n) is 9.53. The van der Waals surface area contributed by atoms with Gasteiger partial charge in [0.1, 0.15) is 6.10 Å². The third-order valence-corrected chi connectivity index (χ3v) is 9.53. The number of para-hydroxylation sites is 1. The number of ether oxygens (including phenoxy) is 2. The van der Waals surface area contributed by atoms with Gasteiger partial charge in [-0.15, -0.1) is 0 Å². The summed E-state index contributed by atoms with van der Waals surface area (Å²) >= 11 is 0. The summed E-state index contributed by atoms with van der Waals surface area (Å²) in [6.45, 7) is 5.94. The van der Waals surface area contributed by atoms with Gasteiger partial charge in [-0.25, -0.2) is 4.79 Å². The van der Waals surface area contributed by atoms with Gasteiger partial charge in [-0.05, 0) is 76.1 Å². The predicted octanol–water partition coefficient (Wildman–Crippen LogP) is 4.09. The lowest BCUT2D eigenvalue weighted by Gasteiger charge is -2.44. The highest BCUT2D eigenvalue weighted by Crippen LogP contribution is 2.47. The average Bonchev–Trinajstić information content (AvgIpc) is 3.58. The molecule has 6 rings (SSSR count). The van der Waals surface area contributed by atoms with Crippen LogP contribution in [0, 0.1) is 0 Å². The molecule has 1 aromatic carbocycles. The van der Waals surface area contributed by atoms with Crippen molar-refractivity contribution in [3.63, 3.8) is 0 Å². The van der Waals surface area contributed by atoms with E-state index in [0.717, 1.165) is 83.1 Å². The van der Waals surface area contributed by atoms with Crippen LogP contribution in [0.3, 0.4) is 0 Å². The second-order valence-electron chi connectivity index (χ2n) is 11.4. The number of fused-ring (bicyclic) bond motifs is 4. The third kappa shape index (κ3) is 4.25. The first kappa shape index (κ1) is 23.3. The maximum absolute atomic E-state index is 13.0. The van der Waals surface area contributed by atoms with E-state index in [9.17, 15) is 9.59 Å². The van der Waals surface area contributed by atoms with Crippen molar-refractivity contribution in [1.29, 1.82) is 0 Å². The maximum atomic E-state index is 13.0. The fraction of sp³-hybridized carbons (Fsp3) is 0.714. The van der Waals surface area contributed by atoms with Gasteiger partial charge in [0.05, 0.1) is 13.2 Å². The van der Waals surface area contributed by atoms with Crippen LogP contribution in [-0.4, -0.2) is 78.9 Å². The number of nitrogens with zero attached hydrogens (tertiary/aromatic N) is 3. The summed E-state index contributed by atoms with van der Waals surface area (Å²) < 4.78 is 11.2. The van der Waals surface area contributed by atoms with Crippen molar-refractivity contribution in [2.45, 2.75) is 94.4 Å². The first-order chi connectivity index (χ1) is 17.0. The Morgan fingerprint density at radius 1 is 0.943 bits per heavy atom. The molecule has 7 heteroatoms. The maximum Gasteiger partial charge on any atom is 0.410 e. The number of carbonyl (C=O) groups excluding carboxylic acids is 2. The van der Waals surface area contributed by atoms with Crippen LogP contribution in [0.4, 0.5) is 10.5 Å². The Balaban J connectivity index is 1.08. The van der Waals surface area contributed by atoms with Gasteiger partial charge in [0.2, 0.25) is 5.91 Å². The number of rotatable bonds is 2. The molecule has 0 radical (unpaired) electrons. The van der Waals surface area contributed by atoms with E-state index in [1.165, 1.54) is 5.56 Å². The molecule has 2 unspecified atom stereocenters. The number of likely N-dealkylation sites (tertiary alicyclic amines) is 1. The molecule has 1 spiro atoms. The van der Waals surface area contributed by atoms with E-state index in [2.05, 4.69) is 28.0 Å². The number of carbonyl (C=O) groups is 2. The van der Waals surface area contributed by atoms with Gasteiger partial charge in [-0.3, -0.25) is 4.79 Å². The molecule has 190 valence electrons. The van der Waals surface area contributed by atoms with Crippen molar-refractivity contribution in [3.05, 3.63) is 29.8 Å². The number of anilines is 1. The van der Waals surface area contributed by atoms with Gasteiger partial charge in [0, 0.05) is 49.1 Å². The van der Waals surface area contributed by atoms with Crippen LogP contribution in [0.2, 0.25) is 0 Å². The summed E-state index contributed by atoms with van der Waals surface area (Å²) in [6, 6.07) is 9.76. The summed E-state index contributed by atoms with van der Waals surface area (Å²) in [6.07, 6.45) is 9.51. The number of hydrogen-bond donors (Lipinski definition) is 0. The standard InChI is InChI=1S/C28H39N3O4/c1-20(32)30-19-28(25-4-2-3-5-26(25)30)13-15-29(16-14-28)21-6-8-22-10-11-23(9-7-21)31(22)27(33)35-24-12-17-34-18-24/h2-5,21-24H,6-19H2,1H3/t21?,22?,23?,24-/m0/s1. The second-order valence-corrected chi connectivity index (χ2v) is 11.4. The van der Waals surface area contributed by atoms with Crippen LogP contribution in [-0.2, 0) is 19.7 Å². The fourth-order valence-corrected chi connectivity index (χ4v) is 7.57. The molecule has 0 aliphatic carbocycles. The van der Waals surface area contributed by atoms with Gasteiger partial charge in [0.25, 0.3) is 0 Å². The Morgan fingerprint density at radius 3 is 2.23 bits per heavy atom. The molecule has 0 saturated carbocycles. The molecule has 3 atom stereocenters. The normalized spacial score (nSPS) is 32.4. The van der Waals surface area contributed by atoms with Crippen LogP contribution in [0.25, 0.3) is 0 Å². The summed E-state index contributed by atoms with van der Waals surface area (Å²) in [7, 11) is 0. The summed E-state index contributed by atoms with van der Waals surface area (Å²) in [5, 5.41) is 0. The lowest BCUT2D eigenvalue weighted by molar-refractivity contribution is -0.116. The lowest BCUT2D eigenvalue weighted by Crippen LogP contribution is -2.51. The lowest BCUT2D eigenvalue weighted by atomic mass is 9.74. The van der Waals surface area contributed by atoms with Crippen LogP contribution in [0.15, 0.2) is 24.3 Å². The minimum atomic E-state index is -0.110. The Labute approximate surface area is 208 Å². The fourth-order valence-electron chi connectivity index (χ4n) is 7.57. The van der Waals surface area contributed by atoms with Crippen molar-refractivity contribution >= 4 is 17.7 Å². The molecule has 1 aromatic rings. The van der Waals surface area contributed by atoms with Crippen LogP contribution < -0.4 is 4.90 Å². The molecule has 35 heavy (non-hydrogen) atoms. The van der Waals surface area contributed by atoms with Gasteiger partial charge < -0.3 is 24.2 Å². The van der Waals surface area contributed by atoms with Crippen LogP contribution in [0.1, 0.15) is 70.3 Å². The molecule has 5 aliphatic heterocycles. The smallest absolute Gasteiger partial charge is 0.410 e. The van der Waals surface area contributed by atoms with Crippen molar-refractivity contribution in [2.75, 3.05) is 37.7 Å². The minimum absolute atomic E-state index is 0.0691. The highest BCUT2D eigenvalue weighted by atomic mass is 16.6. The molecule has 0 aromatic heterocycles. The van der Waals surface area contributed by atoms with Gasteiger partial charge in [-0.2, -0.15) is 0 Å².